The molecule has 4 nitrogen and oxygen atoms in total. The zero-order valence-corrected chi connectivity index (χ0v) is 13.3. The van der Waals surface area contributed by atoms with E-state index in [0.29, 0.717) is 17.1 Å². The number of alkyl halides is 3. The van der Waals surface area contributed by atoms with Gasteiger partial charge in [0.1, 0.15) is 23.7 Å². The van der Waals surface area contributed by atoms with E-state index in [1.54, 1.807) is 0 Å². The third kappa shape index (κ3) is 4.69. The van der Waals surface area contributed by atoms with Crippen LogP contribution in [0.3, 0.4) is 0 Å². The molecule has 0 aliphatic heterocycles. The Kier molecular flexibility index (Phi) is 5.01. The fraction of sp³-hybridized carbons (Fsp3) is 0.111. The van der Waals surface area contributed by atoms with Gasteiger partial charge < -0.3 is 10.1 Å². The van der Waals surface area contributed by atoms with Gasteiger partial charge >= 0.3 is 6.18 Å². The standard InChI is InChI=1S/C18H13F4N3O/c19-14-5-7-15(8-6-14)26-17-9-16(24-11-25-17)23-10-12-1-3-13(4-2-12)18(20,21)22/h1-9,11H,10H2,(H,23,24,25). The second kappa shape index (κ2) is 7.38. The lowest BCUT2D eigenvalue weighted by atomic mass is 10.1. The zero-order valence-electron chi connectivity index (χ0n) is 13.3. The second-order valence-corrected chi connectivity index (χ2v) is 5.35. The summed E-state index contributed by atoms with van der Waals surface area (Å²) in [6.07, 6.45) is -3.07. The molecule has 0 saturated heterocycles. The summed E-state index contributed by atoms with van der Waals surface area (Å²) in [6, 6.07) is 11.8. The summed E-state index contributed by atoms with van der Waals surface area (Å²) < 4.78 is 56.0. The van der Waals surface area contributed by atoms with E-state index in [0.717, 1.165) is 12.1 Å². The minimum Gasteiger partial charge on any atom is -0.439 e. The van der Waals surface area contributed by atoms with Gasteiger partial charge in [0.05, 0.1) is 5.56 Å². The first-order chi connectivity index (χ1) is 12.4. The molecular formula is C18H13F4N3O. The Hall–Kier alpha value is -3.16. The number of hydrogen-bond donors (Lipinski definition) is 1. The minimum atomic E-state index is -4.36. The lowest BCUT2D eigenvalue weighted by Gasteiger charge is -2.10. The second-order valence-electron chi connectivity index (χ2n) is 5.35. The molecule has 26 heavy (non-hydrogen) atoms. The topological polar surface area (TPSA) is 47.0 Å². The summed E-state index contributed by atoms with van der Waals surface area (Å²) in [5, 5.41) is 2.98. The Balaban J connectivity index is 1.62. The highest BCUT2D eigenvalue weighted by molar-refractivity contribution is 5.40. The highest BCUT2D eigenvalue weighted by atomic mass is 19.4. The first kappa shape index (κ1) is 17.7. The van der Waals surface area contributed by atoms with Gasteiger partial charge in [-0.25, -0.2) is 14.4 Å². The van der Waals surface area contributed by atoms with Gasteiger partial charge in [0.2, 0.25) is 5.88 Å². The maximum absolute atomic E-state index is 12.9. The molecule has 134 valence electrons. The lowest BCUT2D eigenvalue weighted by molar-refractivity contribution is -0.137. The van der Waals surface area contributed by atoms with Crippen LogP contribution in [0, 0.1) is 5.82 Å². The van der Waals surface area contributed by atoms with Crippen LogP contribution >= 0.6 is 0 Å². The van der Waals surface area contributed by atoms with Gasteiger partial charge in [-0.2, -0.15) is 13.2 Å². The highest BCUT2D eigenvalue weighted by Gasteiger charge is 2.29. The summed E-state index contributed by atoms with van der Waals surface area (Å²) in [7, 11) is 0. The molecule has 3 rings (SSSR count). The van der Waals surface area contributed by atoms with Gasteiger partial charge in [0, 0.05) is 12.6 Å². The van der Waals surface area contributed by atoms with Crippen LogP contribution < -0.4 is 10.1 Å². The average Bonchev–Trinajstić information content (AvgIpc) is 2.62. The third-order valence-corrected chi connectivity index (χ3v) is 3.43. The quantitative estimate of drug-likeness (QED) is 0.645. The number of hydrogen-bond acceptors (Lipinski definition) is 4. The molecule has 0 aliphatic carbocycles. The number of nitrogens with zero attached hydrogens (tertiary/aromatic N) is 2. The smallest absolute Gasteiger partial charge is 0.416 e. The summed E-state index contributed by atoms with van der Waals surface area (Å²) in [5.74, 6) is 0.733. The molecule has 8 heteroatoms. The molecule has 0 aliphatic rings. The highest BCUT2D eigenvalue weighted by Crippen LogP contribution is 2.29. The van der Waals surface area contributed by atoms with Gasteiger partial charge in [-0.05, 0) is 42.0 Å². The van der Waals surface area contributed by atoms with Crippen molar-refractivity contribution in [3.8, 4) is 11.6 Å². The zero-order chi connectivity index (χ0) is 18.6. The third-order valence-electron chi connectivity index (χ3n) is 3.43. The van der Waals surface area contributed by atoms with Crippen LogP contribution in [0.25, 0.3) is 0 Å². The van der Waals surface area contributed by atoms with E-state index in [1.807, 2.05) is 0 Å². The van der Waals surface area contributed by atoms with E-state index in [2.05, 4.69) is 15.3 Å². The van der Waals surface area contributed by atoms with Crippen molar-refractivity contribution < 1.29 is 22.3 Å². The van der Waals surface area contributed by atoms with Crippen molar-refractivity contribution in [1.29, 1.82) is 0 Å². The maximum Gasteiger partial charge on any atom is 0.416 e. The van der Waals surface area contributed by atoms with Gasteiger partial charge in [-0.15, -0.1) is 0 Å². The molecule has 0 saturated carbocycles. The molecule has 1 N–H and O–H groups in total. The molecule has 0 amide bonds. The summed E-state index contributed by atoms with van der Waals surface area (Å²) in [4.78, 5) is 7.98. The van der Waals surface area contributed by atoms with Crippen LogP contribution in [-0.2, 0) is 12.7 Å². The van der Waals surface area contributed by atoms with Crippen LogP contribution in [0.5, 0.6) is 11.6 Å². The Bertz CT molecular complexity index is 865. The van der Waals surface area contributed by atoms with Crippen molar-refractivity contribution in [2.75, 3.05) is 5.32 Å². The van der Waals surface area contributed by atoms with Crippen LogP contribution in [0.2, 0.25) is 0 Å². The number of ether oxygens (including phenoxy) is 1. The fourth-order valence-corrected chi connectivity index (χ4v) is 2.12. The number of anilines is 1. The van der Waals surface area contributed by atoms with E-state index >= 15 is 0 Å². The molecule has 2 aromatic carbocycles. The molecule has 0 spiro atoms. The predicted octanol–water partition coefficient (Wildman–Crippen LogP) is 5.04. The van der Waals surface area contributed by atoms with Gasteiger partial charge in [-0.3, -0.25) is 0 Å². The van der Waals surface area contributed by atoms with Crippen LogP contribution in [0.4, 0.5) is 23.4 Å². The number of benzene rings is 2. The van der Waals surface area contributed by atoms with E-state index in [-0.39, 0.29) is 18.2 Å². The van der Waals surface area contributed by atoms with Crippen LogP contribution in [0.15, 0.2) is 60.9 Å². The molecule has 0 radical (unpaired) electrons. The fourth-order valence-electron chi connectivity index (χ4n) is 2.12. The van der Waals surface area contributed by atoms with Crippen molar-refractivity contribution in [2.24, 2.45) is 0 Å². The van der Waals surface area contributed by atoms with E-state index < -0.39 is 11.7 Å². The number of nitrogens with one attached hydrogen (secondary N) is 1. The van der Waals surface area contributed by atoms with Crippen LogP contribution in [-0.4, -0.2) is 9.97 Å². The first-order valence-corrected chi connectivity index (χ1v) is 7.55. The minimum absolute atomic E-state index is 0.251. The Morgan fingerprint density at radius 2 is 1.62 bits per heavy atom. The summed E-state index contributed by atoms with van der Waals surface area (Å²) >= 11 is 0. The van der Waals surface area contributed by atoms with Crippen molar-refractivity contribution in [3.05, 3.63) is 77.9 Å². The Morgan fingerprint density at radius 3 is 2.27 bits per heavy atom. The number of halogens is 4. The maximum atomic E-state index is 12.9. The summed E-state index contributed by atoms with van der Waals surface area (Å²) in [5.41, 5.74) is -0.0316. The molecule has 3 aromatic rings. The summed E-state index contributed by atoms with van der Waals surface area (Å²) in [6.45, 7) is 0.283. The van der Waals surface area contributed by atoms with E-state index in [4.69, 9.17) is 4.74 Å². The average molecular weight is 363 g/mol. The molecule has 0 unspecified atom stereocenters. The van der Waals surface area contributed by atoms with Gasteiger partial charge in [0.15, 0.2) is 0 Å². The molecule has 0 bridgehead atoms. The molecule has 0 atom stereocenters. The predicted molar refractivity (Wildman–Crippen MR) is 87.3 cm³/mol. The van der Waals surface area contributed by atoms with E-state index in [1.165, 1.54) is 48.8 Å². The van der Waals surface area contributed by atoms with Crippen molar-refractivity contribution in [2.45, 2.75) is 12.7 Å². The molecule has 0 fully saturated rings. The normalized spacial score (nSPS) is 11.2. The first-order valence-electron chi connectivity index (χ1n) is 7.55. The van der Waals surface area contributed by atoms with Crippen molar-refractivity contribution in [3.63, 3.8) is 0 Å². The van der Waals surface area contributed by atoms with Gasteiger partial charge in [0.25, 0.3) is 0 Å². The molecule has 1 aromatic heterocycles. The van der Waals surface area contributed by atoms with Crippen LogP contribution in [0.1, 0.15) is 11.1 Å². The van der Waals surface area contributed by atoms with E-state index in [9.17, 15) is 17.6 Å². The Labute approximate surface area is 146 Å². The van der Waals surface area contributed by atoms with Crippen molar-refractivity contribution in [1.82, 2.24) is 9.97 Å². The Morgan fingerprint density at radius 1 is 0.923 bits per heavy atom. The number of aromatic nitrogens is 2. The largest absolute Gasteiger partial charge is 0.439 e. The lowest BCUT2D eigenvalue weighted by Crippen LogP contribution is -2.06. The molecular weight excluding hydrogens is 350 g/mol. The monoisotopic (exact) mass is 363 g/mol. The van der Waals surface area contributed by atoms with Gasteiger partial charge in [-0.1, -0.05) is 12.1 Å². The molecule has 1 heterocycles. The van der Waals surface area contributed by atoms with Crippen molar-refractivity contribution >= 4 is 5.82 Å². The number of rotatable bonds is 5. The SMILES string of the molecule is Fc1ccc(Oc2cc(NCc3ccc(C(F)(F)F)cc3)ncn2)cc1.